The molecule has 1 aliphatic rings. The lowest BCUT2D eigenvalue weighted by molar-refractivity contribution is -0.384. The maximum atomic E-state index is 12.4. The van der Waals surface area contributed by atoms with E-state index in [1.165, 1.54) is 23.9 Å². The largest absolute Gasteiger partial charge is 0.494 e. The minimum absolute atomic E-state index is 0.0649. The van der Waals surface area contributed by atoms with Crippen LogP contribution in [0.25, 0.3) is 0 Å². The van der Waals surface area contributed by atoms with Gasteiger partial charge in [-0.25, -0.2) is 0 Å². The van der Waals surface area contributed by atoms with Crippen molar-refractivity contribution < 1.29 is 19.2 Å². The molecule has 1 aliphatic heterocycles. The smallest absolute Gasteiger partial charge is 0.296 e. The third-order valence-electron chi connectivity index (χ3n) is 3.83. The number of nitro groups is 1. The highest BCUT2D eigenvalue weighted by Gasteiger charge is 2.29. The van der Waals surface area contributed by atoms with E-state index >= 15 is 0 Å². The first-order valence-corrected chi connectivity index (χ1v) is 9.13. The molecule has 0 aliphatic carbocycles. The predicted molar refractivity (Wildman–Crippen MR) is 102 cm³/mol. The number of hydrogen-bond acceptors (Lipinski definition) is 6. The van der Waals surface area contributed by atoms with Crippen LogP contribution in [0.5, 0.6) is 5.75 Å². The number of amides is 2. The molecule has 27 heavy (non-hydrogen) atoms. The number of rotatable bonds is 6. The van der Waals surface area contributed by atoms with Crippen LogP contribution in [-0.4, -0.2) is 28.6 Å². The van der Waals surface area contributed by atoms with Gasteiger partial charge in [-0.3, -0.25) is 19.7 Å². The molecule has 0 bridgehead atoms. The molecule has 2 aromatic rings. The number of hydrogen-bond donors (Lipinski definition) is 2. The highest BCUT2D eigenvalue weighted by atomic mass is 32.2. The highest BCUT2D eigenvalue weighted by molar-refractivity contribution is 8.01. The van der Waals surface area contributed by atoms with E-state index in [1.54, 1.807) is 19.1 Å². The average Bonchev–Trinajstić information content (AvgIpc) is 2.63. The molecule has 2 N–H and O–H groups in total. The Morgan fingerprint density at radius 2 is 2.11 bits per heavy atom. The van der Waals surface area contributed by atoms with Crippen molar-refractivity contribution >= 4 is 40.6 Å². The first-order valence-electron chi connectivity index (χ1n) is 8.25. The van der Waals surface area contributed by atoms with Gasteiger partial charge in [-0.15, -0.1) is 11.8 Å². The number of nitrogens with one attached hydrogen (secondary N) is 2. The van der Waals surface area contributed by atoms with Crippen molar-refractivity contribution in [2.45, 2.75) is 23.5 Å². The summed E-state index contributed by atoms with van der Waals surface area (Å²) < 4.78 is 5.25. The van der Waals surface area contributed by atoms with Crippen LogP contribution < -0.4 is 15.4 Å². The summed E-state index contributed by atoms with van der Waals surface area (Å²) in [6, 6.07) is 11.6. The molecule has 0 fully saturated rings. The molecular formula is C18H17N3O5S. The molecule has 2 aromatic carbocycles. The van der Waals surface area contributed by atoms with Crippen LogP contribution in [0.4, 0.5) is 17.1 Å². The van der Waals surface area contributed by atoms with Crippen LogP contribution in [0, 0.1) is 10.1 Å². The number of thioether (sulfide) groups is 1. The highest BCUT2D eigenvalue weighted by Crippen LogP contribution is 2.37. The molecule has 2 amide bonds. The van der Waals surface area contributed by atoms with Gasteiger partial charge >= 0.3 is 0 Å². The van der Waals surface area contributed by atoms with Crippen molar-refractivity contribution in [1.29, 1.82) is 0 Å². The second kappa shape index (κ2) is 8.09. The molecule has 0 aromatic heterocycles. The number of carbonyl (C=O) groups is 2. The van der Waals surface area contributed by atoms with Crippen molar-refractivity contribution in [1.82, 2.24) is 0 Å². The first kappa shape index (κ1) is 18.7. The molecule has 0 unspecified atom stereocenters. The third kappa shape index (κ3) is 4.37. The summed E-state index contributed by atoms with van der Waals surface area (Å²) in [5.74, 6) is -0.398. The standard InChI is InChI=1S/C18H17N3O5S/c1-2-26-11-7-8-12(14(9-11)21(24)25)19-17(22)10-16-18(23)20-13-5-3-4-6-15(13)27-16/h3-9,16H,2,10H2,1H3,(H,19,22)(H,20,23)/t16-/m0/s1. The van der Waals surface area contributed by atoms with Crippen molar-refractivity contribution in [3.05, 3.63) is 52.6 Å². The molecule has 140 valence electrons. The Bertz CT molecular complexity index is 902. The number of fused-ring (bicyclic) bond motifs is 1. The van der Waals surface area contributed by atoms with Gasteiger partial charge < -0.3 is 15.4 Å². The van der Waals surface area contributed by atoms with Crippen LogP contribution in [0.1, 0.15) is 13.3 Å². The van der Waals surface area contributed by atoms with E-state index in [0.29, 0.717) is 18.0 Å². The van der Waals surface area contributed by atoms with Gasteiger partial charge in [0.05, 0.1) is 28.5 Å². The minimum Gasteiger partial charge on any atom is -0.494 e. The van der Waals surface area contributed by atoms with E-state index in [9.17, 15) is 19.7 Å². The number of carbonyl (C=O) groups excluding carboxylic acids is 2. The van der Waals surface area contributed by atoms with Gasteiger partial charge in [-0.2, -0.15) is 0 Å². The molecule has 0 saturated heterocycles. The SMILES string of the molecule is CCOc1ccc(NC(=O)C[C@@H]2Sc3ccccc3NC2=O)c([N+](=O)[O-])c1. The fourth-order valence-electron chi connectivity index (χ4n) is 2.62. The second-order valence-electron chi connectivity index (χ2n) is 5.71. The van der Waals surface area contributed by atoms with Crippen LogP contribution in [0.3, 0.4) is 0 Å². The lowest BCUT2D eigenvalue weighted by atomic mass is 10.2. The monoisotopic (exact) mass is 387 g/mol. The summed E-state index contributed by atoms with van der Waals surface area (Å²) in [5.41, 5.74) is 0.516. The van der Waals surface area contributed by atoms with Gasteiger partial charge in [-0.05, 0) is 31.2 Å². The first-order chi connectivity index (χ1) is 13.0. The van der Waals surface area contributed by atoms with Crippen LogP contribution in [-0.2, 0) is 9.59 Å². The normalized spacial score (nSPS) is 15.4. The number of anilines is 2. The minimum atomic E-state index is -0.610. The lowest BCUT2D eigenvalue weighted by Gasteiger charge is -2.23. The van der Waals surface area contributed by atoms with Crippen LogP contribution in [0.2, 0.25) is 0 Å². The number of nitro benzene ring substituents is 1. The summed E-state index contributed by atoms with van der Waals surface area (Å²) in [7, 11) is 0. The fourth-order valence-corrected chi connectivity index (χ4v) is 3.73. The van der Waals surface area contributed by atoms with Gasteiger partial charge in [0, 0.05) is 11.3 Å². The Hall–Kier alpha value is -3.07. The zero-order valence-corrected chi connectivity index (χ0v) is 15.2. The Morgan fingerprint density at radius 1 is 1.33 bits per heavy atom. The second-order valence-corrected chi connectivity index (χ2v) is 6.96. The fraction of sp³-hybridized carbons (Fsp3) is 0.222. The molecular weight excluding hydrogens is 370 g/mol. The zero-order valence-electron chi connectivity index (χ0n) is 14.4. The molecule has 0 radical (unpaired) electrons. The lowest BCUT2D eigenvalue weighted by Crippen LogP contribution is -2.32. The average molecular weight is 387 g/mol. The zero-order chi connectivity index (χ0) is 19.4. The molecule has 1 heterocycles. The topological polar surface area (TPSA) is 111 Å². The number of ether oxygens (including phenoxy) is 1. The van der Waals surface area contributed by atoms with Crippen molar-refractivity contribution in [2.24, 2.45) is 0 Å². The summed E-state index contributed by atoms with van der Waals surface area (Å²) in [5, 5.41) is 15.9. The number of para-hydroxylation sites is 1. The Labute approximate surface area is 159 Å². The number of nitrogens with zero attached hydrogens (tertiary/aromatic N) is 1. The summed E-state index contributed by atoms with van der Waals surface area (Å²) in [6.45, 7) is 2.14. The molecule has 3 rings (SSSR count). The summed E-state index contributed by atoms with van der Waals surface area (Å²) in [4.78, 5) is 36.1. The Kier molecular flexibility index (Phi) is 5.60. The van der Waals surface area contributed by atoms with E-state index in [2.05, 4.69) is 10.6 Å². The Morgan fingerprint density at radius 3 is 2.85 bits per heavy atom. The van der Waals surface area contributed by atoms with Gasteiger partial charge in [0.1, 0.15) is 11.4 Å². The van der Waals surface area contributed by atoms with Crippen LogP contribution >= 0.6 is 11.8 Å². The van der Waals surface area contributed by atoms with Crippen molar-refractivity contribution in [3.63, 3.8) is 0 Å². The van der Waals surface area contributed by atoms with E-state index in [-0.39, 0.29) is 23.7 Å². The summed E-state index contributed by atoms with van der Waals surface area (Å²) in [6.07, 6.45) is -0.102. The molecule has 0 spiro atoms. The molecule has 8 nitrogen and oxygen atoms in total. The molecule has 0 saturated carbocycles. The van der Waals surface area contributed by atoms with Gasteiger partial charge in [0.25, 0.3) is 5.69 Å². The van der Waals surface area contributed by atoms with E-state index in [1.807, 2.05) is 18.2 Å². The van der Waals surface area contributed by atoms with Crippen molar-refractivity contribution in [3.8, 4) is 5.75 Å². The molecule has 1 atom stereocenters. The van der Waals surface area contributed by atoms with Gasteiger partial charge in [0.2, 0.25) is 11.8 Å². The van der Waals surface area contributed by atoms with Gasteiger partial charge in [0.15, 0.2) is 0 Å². The predicted octanol–water partition coefficient (Wildman–Crippen LogP) is 3.44. The quantitative estimate of drug-likeness (QED) is 0.580. The molecule has 9 heteroatoms. The maximum Gasteiger partial charge on any atom is 0.296 e. The Balaban J connectivity index is 1.71. The number of benzene rings is 2. The van der Waals surface area contributed by atoms with Crippen molar-refractivity contribution in [2.75, 3.05) is 17.2 Å². The summed E-state index contributed by atoms with van der Waals surface area (Å²) >= 11 is 1.30. The van der Waals surface area contributed by atoms with E-state index < -0.39 is 16.1 Å². The van der Waals surface area contributed by atoms with E-state index in [4.69, 9.17) is 4.74 Å². The maximum absolute atomic E-state index is 12.4. The van der Waals surface area contributed by atoms with E-state index in [0.717, 1.165) is 4.90 Å². The third-order valence-corrected chi connectivity index (χ3v) is 5.10. The van der Waals surface area contributed by atoms with Gasteiger partial charge in [-0.1, -0.05) is 12.1 Å². The van der Waals surface area contributed by atoms with Crippen LogP contribution in [0.15, 0.2) is 47.4 Å².